The fourth-order valence-electron chi connectivity index (χ4n) is 4.12. The van der Waals surface area contributed by atoms with Gasteiger partial charge in [0, 0.05) is 24.1 Å². The van der Waals surface area contributed by atoms with Crippen LogP contribution in [0.1, 0.15) is 37.1 Å². The highest BCUT2D eigenvalue weighted by molar-refractivity contribution is 6.30. The number of aromatic nitrogens is 2. The summed E-state index contributed by atoms with van der Waals surface area (Å²) in [4.78, 5) is 46.5. The molecular weight excluding hydrogens is 534 g/mol. The van der Waals surface area contributed by atoms with Gasteiger partial charge in [0.15, 0.2) is 0 Å². The van der Waals surface area contributed by atoms with Gasteiger partial charge in [0.25, 0.3) is 0 Å². The van der Waals surface area contributed by atoms with Gasteiger partial charge in [0.05, 0.1) is 24.7 Å². The fourth-order valence-corrected chi connectivity index (χ4v) is 4.24. The minimum atomic E-state index is -1.05. The molecule has 5 N–H and O–H groups in total. The highest BCUT2D eigenvalue weighted by Gasteiger charge is 2.29. The van der Waals surface area contributed by atoms with Crippen LogP contribution in [0.25, 0.3) is 0 Å². The molecule has 40 heavy (non-hydrogen) atoms. The third kappa shape index (κ3) is 10.3. The van der Waals surface area contributed by atoms with Crippen LogP contribution in [0, 0.1) is 5.92 Å². The lowest BCUT2D eigenvalue weighted by atomic mass is 10.0. The lowest BCUT2D eigenvalue weighted by Crippen LogP contribution is -2.56. The van der Waals surface area contributed by atoms with Gasteiger partial charge in [-0.05, 0) is 35.6 Å². The van der Waals surface area contributed by atoms with Crippen molar-refractivity contribution in [2.24, 2.45) is 5.92 Å². The number of benzene rings is 2. The summed E-state index contributed by atoms with van der Waals surface area (Å²) < 4.78 is 5.33. The van der Waals surface area contributed by atoms with E-state index in [9.17, 15) is 19.5 Å². The van der Waals surface area contributed by atoms with E-state index in [4.69, 9.17) is 16.3 Å². The third-order valence-electron chi connectivity index (χ3n) is 6.10. The van der Waals surface area contributed by atoms with Crippen LogP contribution in [0.2, 0.25) is 5.02 Å². The van der Waals surface area contributed by atoms with Crippen LogP contribution in [-0.2, 0) is 33.8 Å². The number of halogens is 1. The molecule has 3 amide bonds. The lowest BCUT2D eigenvalue weighted by molar-refractivity contribution is -0.130. The van der Waals surface area contributed by atoms with E-state index in [1.165, 1.54) is 6.33 Å². The summed E-state index contributed by atoms with van der Waals surface area (Å²) in [5, 5.41) is 18.5. The number of H-pyrrole nitrogens is 1. The van der Waals surface area contributed by atoms with Gasteiger partial charge in [0.2, 0.25) is 11.8 Å². The topological polar surface area (TPSA) is 145 Å². The van der Waals surface area contributed by atoms with E-state index in [0.717, 1.165) is 11.1 Å². The lowest BCUT2D eigenvalue weighted by Gasteiger charge is -2.25. The van der Waals surface area contributed by atoms with Crippen molar-refractivity contribution < 1.29 is 24.2 Å². The van der Waals surface area contributed by atoms with Crippen LogP contribution in [0.4, 0.5) is 4.79 Å². The van der Waals surface area contributed by atoms with Gasteiger partial charge in [-0.3, -0.25) is 9.59 Å². The highest BCUT2D eigenvalue weighted by atomic mass is 35.5. The molecule has 0 bridgehead atoms. The molecule has 3 aromatic rings. The molecule has 0 unspecified atom stereocenters. The van der Waals surface area contributed by atoms with E-state index in [-0.39, 0.29) is 32.0 Å². The van der Waals surface area contributed by atoms with Crippen molar-refractivity contribution in [2.45, 2.75) is 57.8 Å². The van der Waals surface area contributed by atoms with Crippen molar-refractivity contribution in [3.05, 3.63) is 89.0 Å². The number of imidazole rings is 1. The Morgan fingerprint density at radius 1 is 0.925 bits per heavy atom. The van der Waals surface area contributed by atoms with Crippen LogP contribution < -0.4 is 16.0 Å². The number of nitrogens with one attached hydrogen (secondary N) is 4. The van der Waals surface area contributed by atoms with Crippen molar-refractivity contribution in [3.63, 3.8) is 0 Å². The fraction of sp³-hybridized carbons (Fsp3) is 0.379. The minimum Gasteiger partial charge on any atom is -0.445 e. The smallest absolute Gasteiger partial charge is 0.408 e. The molecule has 11 heteroatoms. The number of aromatic amines is 1. The summed E-state index contributed by atoms with van der Waals surface area (Å²) in [6.07, 6.45) is 3.14. The molecule has 1 heterocycles. The number of hydrogen-bond donors (Lipinski definition) is 5. The molecule has 0 saturated carbocycles. The number of hydrogen-bond acceptors (Lipinski definition) is 6. The van der Waals surface area contributed by atoms with Gasteiger partial charge in [-0.25, -0.2) is 9.78 Å². The number of nitrogens with zero attached hydrogens (tertiary/aromatic N) is 1. The molecule has 3 atom stereocenters. The summed E-state index contributed by atoms with van der Waals surface area (Å²) in [7, 11) is 0. The van der Waals surface area contributed by atoms with E-state index >= 15 is 0 Å². The second-order valence-electron chi connectivity index (χ2n) is 9.93. The van der Waals surface area contributed by atoms with E-state index in [0.29, 0.717) is 17.1 Å². The van der Waals surface area contributed by atoms with Crippen LogP contribution in [-0.4, -0.2) is 57.7 Å². The maximum atomic E-state index is 13.5. The molecule has 0 spiro atoms. The molecule has 1 aromatic heterocycles. The van der Waals surface area contributed by atoms with E-state index in [2.05, 4.69) is 25.9 Å². The SMILES string of the molecule is CC(C)C[C@@H](CO)NC(=O)[C@H](Cc1c[nH]cn1)NC(=O)[C@H](Cc1ccc(Cl)cc1)NC(=O)OCc1ccccc1. The van der Waals surface area contributed by atoms with Crippen LogP contribution in [0.15, 0.2) is 67.1 Å². The Balaban J connectivity index is 1.75. The molecule has 0 aliphatic heterocycles. The quantitative estimate of drug-likeness (QED) is 0.202. The second kappa shape index (κ2) is 15.6. The molecule has 0 aliphatic rings. The molecule has 0 aliphatic carbocycles. The van der Waals surface area contributed by atoms with Crippen LogP contribution >= 0.6 is 11.6 Å². The normalized spacial score (nSPS) is 13.2. The molecule has 0 saturated heterocycles. The Labute approximate surface area is 238 Å². The van der Waals surface area contributed by atoms with Gasteiger partial charge in [-0.2, -0.15) is 0 Å². The van der Waals surface area contributed by atoms with Gasteiger partial charge >= 0.3 is 6.09 Å². The summed E-state index contributed by atoms with van der Waals surface area (Å²) in [6.45, 7) is 3.77. The number of rotatable bonds is 14. The van der Waals surface area contributed by atoms with E-state index in [1.807, 2.05) is 44.2 Å². The number of ether oxygens (including phenoxy) is 1. The molecule has 214 valence electrons. The summed E-state index contributed by atoms with van der Waals surface area (Å²) in [5.41, 5.74) is 2.11. The first kappa shape index (κ1) is 30.6. The molecule has 2 aromatic carbocycles. The van der Waals surface area contributed by atoms with Crippen LogP contribution in [0.5, 0.6) is 0 Å². The predicted molar refractivity (Wildman–Crippen MR) is 151 cm³/mol. The third-order valence-corrected chi connectivity index (χ3v) is 6.35. The number of aliphatic hydroxyl groups is 1. The summed E-state index contributed by atoms with van der Waals surface area (Å²) >= 11 is 6.01. The van der Waals surface area contributed by atoms with E-state index in [1.54, 1.807) is 30.5 Å². The number of amides is 3. The van der Waals surface area contributed by atoms with Crippen LogP contribution in [0.3, 0.4) is 0 Å². The molecule has 0 radical (unpaired) electrons. The number of alkyl carbamates (subject to hydrolysis) is 1. The zero-order valence-electron chi connectivity index (χ0n) is 22.6. The van der Waals surface area contributed by atoms with Crippen molar-refractivity contribution in [1.82, 2.24) is 25.9 Å². The number of aliphatic hydroxyl groups excluding tert-OH is 1. The van der Waals surface area contributed by atoms with Crippen molar-refractivity contribution in [2.75, 3.05) is 6.61 Å². The molecule has 3 rings (SSSR count). The first-order valence-corrected chi connectivity index (χ1v) is 13.5. The zero-order chi connectivity index (χ0) is 28.9. The Bertz CT molecular complexity index is 1210. The van der Waals surface area contributed by atoms with Crippen molar-refractivity contribution in [3.8, 4) is 0 Å². The summed E-state index contributed by atoms with van der Waals surface area (Å²) in [6, 6.07) is 13.5. The molecular formula is C29H36ClN5O5. The maximum Gasteiger partial charge on any atom is 0.408 e. The largest absolute Gasteiger partial charge is 0.445 e. The zero-order valence-corrected chi connectivity index (χ0v) is 23.4. The monoisotopic (exact) mass is 569 g/mol. The Morgan fingerprint density at radius 3 is 2.23 bits per heavy atom. The Morgan fingerprint density at radius 2 is 1.60 bits per heavy atom. The summed E-state index contributed by atoms with van der Waals surface area (Å²) in [5.74, 6) is -0.800. The second-order valence-corrected chi connectivity index (χ2v) is 10.4. The number of carbonyl (C=O) groups is 3. The van der Waals surface area contributed by atoms with Crippen molar-refractivity contribution >= 4 is 29.5 Å². The Hall–Kier alpha value is -3.89. The highest BCUT2D eigenvalue weighted by Crippen LogP contribution is 2.12. The van der Waals surface area contributed by atoms with Gasteiger partial charge in [-0.15, -0.1) is 0 Å². The molecule has 10 nitrogen and oxygen atoms in total. The molecule has 0 fully saturated rings. The minimum absolute atomic E-state index is 0.0323. The van der Waals surface area contributed by atoms with Gasteiger partial charge in [-0.1, -0.05) is 67.9 Å². The average molecular weight is 570 g/mol. The first-order chi connectivity index (χ1) is 19.2. The Kier molecular flexibility index (Phi) is 12.0. The first-order valence-electron chi connectivity index (χ1n) is 13.1. The number of carbonyl (C=O) groups excluding carboxylic acids is 3. The van der Waals surface area contributed by atoms with Gasteiger partial charge in [0.1, 0.15) is 18.7 Å². The van der Waals surface area contributed by atoms with Gasteiger partial charge < -0.3 is 30.8 Å². The standard InChI is InChI=1S/C29H36ClN5O5/c1-19(2)12-24(16-36)33-27(37)26(14-23-15-31-18-32-23)34-28(38)25(13-20-8-10-22(30)11-9-20)35-29(39)40-17-21-6-4-3-5-7-21/h3-11,15,18-19,24-26,36H,12-14,16-17H2,1-2H3,(H,31,32)(H,33,37)(H,34,38)(H,35,39)/t24-,25-,26-/m0/s1. The predicted octanol–water partition coefficient (Wildman–Crippen LogP) is 3.15. The maximum absolute atomic E-state index is 13.5. The van der Waals surface area contributed by atoms with Crippen molar-refractivity contribution in [1.29, 1.82) is 0 Å². The van der Waals surface area contributed by atoms with E-state index < -0.39 is 36.0 Å². The average Bonchev–Trinajstić information content (AvgIpc) is 3.45.